The fraction of sp³-hybridized carbons (Fsp3) is 0.130. The molecule has 4 rings (SSSR count). The van der Waals surface area contributed by atoms with E-state index in [4.69, 9.17) is 10.2 Å². The zero-order chi connectivity index (χ0) is 20.4. The molecular weight excluding hydrogens is 369 g/mol. The Balaban J connectivity index is 1.50. The molecule has 0 aliphatic rings. The third kappa shape index (κ3) is 4.11. The zero-order valence-electron chi connectivity index (χ0n) is 15.9. The number of carbonyl (C=O) groups excluding carboxylic acids is 1. The number of anilines is 2. The largest absolute Gasteiger partial charge is 0.453 e. The number of Topliss-reactive ketones (excluding diaryl/α,β-unsaturated/α-hetero) is 1. The number of hydrogen-bond acceptors (Lipinski definition) is 5. The molecule has 0 aliphatic heterocycles. The summed E-state index contributed by atoms with van der Waals surface area (Å²) in [5.74, 6) is 0.147. The molecule has 29 heavy (non-hydrogen) atoms. The summed E-state index contributed by atoms with van der Waals surface area (Å²) in [5, 5.41) is 3.97. The minimum Gasteiger partial charge on any atom is -0.453 e. The number of carbonyl (C=O) groups is 1. The zero-order valence-corrected chi connectivity index (χ0v) is 15.9. The number of benzene rings is 2. The van der Waals surface area contributed by atoms with Gasteiger partial charge in [0.1, 0.15) is 17.2 Å². The van der Waals surface area contributed by atoms with Gasteiger partial charge in [-0.25, -0.2) is 9.37 Å². The van der Waals surface area contributed by atoms with Crippen molar-refractivity contribution in [1.82, 2.24) is 4.98 Å². The maximum Gasteiger partial charge on any atom is 0.202 e. The number of fused-ring (bicyclic) bond motifs is 1. The lowest BCUT2D eigenvalue weighted by Crippen LogP contribution is -2.07. The van der Waals surface area contributed by atoms with Crippen LogP contribution in [0.3, 0.4) is 0 Å². The first kappa shape index (κ1) is 18.7. The van der Waals surface area contributed by atoms with E-state index in [0.717, 1.165) is 10.9 Å². The van der Waals surface area contributed by atoms with Crippen molar-refractivity contribution in [2.24, 2.45) is 0 Å². The van der Waals surface area contributed by atoms with Crippen molar-refractivity contribution >= 4 is 28.3 Å². The number of nitrogen functional groups attached to an aromatic ring is 1. The number of rotatable bonds is 6. The van der Waals surface area contributed by atoms with Gasteiger partial charge in [0.15, 0.2) is 5.76 Å². The number of aryl methyl sites for hydroxylation is 1. The first-order valence-corrected chi connectivity index (χ1v) is 9.24. The van der Waals surface area contributed by atoms with E-state index in [2.05, 4.69) is 10.3 Å². The molecule has 0 aliphatic carbocycles. The number of ketones is 1. The number of halogens is 1. The van der Waals surface area contributed by atoms with Crippen molar-refractivity contribution in [3.63, 3.8) is 0 Å². The standard InChI is InChI=1S/C23H20FN3O2/c1-14-4-7-21-16(9-14)12-22(29-21)20(28)11-15-5-6-18(24)17(10-15)13-27-19-3-2-8-26-23(19)25/h2-10,12,27H,11,13H2,1H3,(H2,25,26). The Morgan fingerprint density at radius 2 is 2.03 bits per heavy atom. The van der Waals surface area contributed by atoms with Crippen LogP contribution < -0.4 is 11.1 Å². The van der Waals surface area contributed by atoms with E-state index in [-0.39, 0.29) is 24.6 Å². The quantitative estimate of drug-likeness (QED) is 0.459. The normalized spacial score (nSPS) is 11.0. The van der Waals surface area contributed by atoms with Crippen LogP contribution in [0.5, 0.6) is 0 Å². The molecule has 0 unspecified atom stereocenters. The molecule has 0 radical (unpaired) electrons. The fourth-order valence-corrected chi connectivity index (χ4v) is 3.20. The molecule has 146 valence electrons. The highest BCUT2D eigenvalue weighted by Gasteiger charge is 2.14. The summed E-state index contributed by atoms with van der Waals surface area (Å²) in [6, 6.07) is 15.7. The molecule has 0 bridgehead atoms. The van der Waals surface area contributed by atoms with E-state index in [1.54, 1.807) is 36.5 Å². The van der Waals surface area contributed by atoms with E-state index in [0.29, 0.717) is 34.0 Å². The third-order valence-corrected chi connectivity index (χ3v) is 4.73. The van der Waals surface area contributed by atoms with Gasteiger partial charge in [0, 0.05) is 30.1 Å². The molecule has 6 heteroatoms. The Labute approximate surface area is 167 Å². The van der Waals surface area contributed by atoms with Gasteiger partial charge in [-0.15, -0.1) is 0 Å². The Hall–Kier alpha value is -3.67. The average Bonchev–Trinajstić information content (AvgIpc) is 3.13. The van der Waals surface area contributed by atoms with Crippen molar-refractivity contribution in [3.8, 4) is 0 Å². The van der Waals surface area contributed by atoms with Gasteiger partial charge in [-0.2, -0.15) is 0 Å². The van der Waals surface area contributed by atoms with E-state index in [1.165, 1.54) is 6.07 Å². The third-order valence-electron chi connectivity index (χ3n) is 4.73. The van der Waals surface area contributed by atoms with Crippen molar-refractivity contribution in [1.29, 1.82) is 0 Å². The summed E-state index contributed by atoms with van der Waals surface area (Å²) < 4.78 is 19.9. The van der Waals surface area contributed by atoms with Gasteiger partial charge in [0.2, 0.25) is 5.78 Å². The molecule has 0 fully saturated rings. The van der Waals surface area contributed by atoms with Gasteiger partial charge in [-0.3, -0.25) is 4.79 Å². The van der Waals surface area contributed by atoms with Crippen molar-refractivity contribution in [2.45, 2.75) is 19.9 Å². The molecule has 5 nitrogen and oxygen atoms in total. The summed E-state index contributed by atoms with van der Waals surface area (Å²) in [5.41, 5.74) is 9.36. The molecule has 2 heterocycles. The Morgan fingerprint density at radius 3 is 2.86 bits per heavy atom. The lowest BCUT2D eigenvalue weighted by atomic mass is 10.0. The van der Waals surface area contributed by atoms with Gasteiger partial charge in [-0.1, -0.05) is 23.8 Å². The average molecular weight is 389 g/mol. The Kier molecular flexibility index (Phi) is 4.99. The molecule has 2 aromatic carbocycles. The molecule has 0 saturated carbocycles. The van der Waals surface area contributed by atoms with Gasteiger partial charge >= 0.3 is 0 Å². The van der Waals surface area contributed by atoms with Crippen LogP contribution in [-0.2, 0) is 13.0 Å². The smallest absolute Gasteiger partial charge is 0.202 e. The highest BCUT2D eigenvalue weighted by atomic mass is 19.1. The van der Waals surface area contributed by atoms with Crippen LogP contribution in [0.15, 0.2) is 65.2 Å². The molecule has 0 amide bonds. The van der Waals surface area contributed by atoms with Crippen LogP contribution in [0, 0.1) is 12.7 Å². The lowest BCUT2D eigenvalue weighted by molar-refractivity contribution is 0.0968. The van der Waals surface area contributed by atoms with Crippen LogP contribution >= 0.6 is 0 Å². The number of nitrogens with one attached hydrogen (secondary N) is 1. The van der Waals surface area contributed by atoms with Crippen LogP contribution in [0.25, 0.3) is 11.0 Å². The highest BCUT2D eigenvalue weighted by molar-refractivity contribution is 5.98. The molecule has 0 atom stereocenters. The van der Waals surface area contributed by atoms with Gasteiger partial charge < -0.3 is 15.5 Å². The second-order valence-corrected chi connectivity index (χ2v) is 6.97. The predicted octanol–water partition coefficient (Wildman–Crippen LogP) is 4.90. The van der Waals surface area contributed by atoms with Gasteiger partial charge in [0.05, 0.1) is 5.69 Å². The molecule has 0 spiro atoms. The van der Waals surface area contributed by atoms with Crippen LogP contribution in [-0.4, -0.2) is 10.8 Å². The summed E-state index contributed by atoms with van der Waals surface area (Å²) in [7, 11) is 0. The minimum absolute atomic E-state index is 0.126. The van der Waals surface area contributed by atoms with E-state index >= 15 is 0 Å². The first-order valence-electron chi connectivity index (χ1n) is 9.24. The molecule has 2 aromatic heterocycles. The number of furan rings is 1. The SMILES string of the molecule is Cc1ccc2oc(C(=O)Cc3ccc(F)c(CNc4cccnc4N)c3)cc2c1. The van der Waals surface area contributed by atoms with Gasteiger partial charge in [0.25, 0.3) is 0 Å². The van der Waals surface area contributed by atoms with Crippen LogP contribution in [0.2, 0.25) is 0 Å². The second-order valence-electron chi connectivity index (χ2n) is 6.97. The van der Waals surface area contributed by atoms with Gasteiger partial charge in [-0.05, 0) is 48.9 Å². The maximum atomic E-state index is 14.2. The molecule has 0 saturated heterocycles. The predicted molar refractivity (Wildman–Crippen MR) is 111 cm³/mol. The van der Waals surface area contributed by atoms with Crippen LogP contribution in [0.1, 0.15) is 27.2 Å². The monoisotopic (exact) mass is 389 g/mol. The number of nitrogens with two attached hydrogens (primary N) is 1. The summed E-state index contributed by atoms with van der Waals surface area (Å²) in [4.78, 5) is 16.7. The molecule has 4 aromatic rings. The minimum atomic E-state index is -0.352. The fourth-order valence-electron chi connectivity index (χ4n) is 3.20. The van der Waals surface area contributed by atoms with Crippen molar-refractivity contribution in [2.75, 3.05) is 11.1 Å². The highest BCUT2D eigenvalue weighted by Crippen LogP contribution is 2.23. The molecule has 3 N–H and O–H groups in total. The van der Waals surface area contributed by atoms with E-state index < -0.39 is 0 Å². The van der Waals surface area contributed by atoms with E-state index in [9.17, 15) is 9.18 Å². The van der Waals surface area contributed by atoms with Crippen LogP contribution in [0.4, 0.5) is 15.9 Å². The van der Waals surface area contributed by atoms with Crippen molar-refractivity contribution < 1.29 is 13.6 Å². The topological polar surface area (TPSA) is 81.2 Å². The lowest BCUT2D eigenvalue weighted by Gasteiger charge is -2.10. The summed E-state index contributed by atoms with van der Waals surface area (Å²) in [6.45, 7) is 2.22. The van der Waals surface area contributed by atoms with Crippen molar-refractivity contribution in [3.05, 3.63) is 89.1 Å². The Morgan fingerprint density at radius 1 is 1.17 bits per heavy atom. The summed E-state index contributed by atoms with van der Waals surface area (Å²) in [6.07, 6.45) is 1.72. The number of nitrogens with zero attached hydrogens (tertiary/aromatic N) is 1. The summed E-state index contributed by atoms with van der Waals surface area (Å²) >= 11 is 0. The first-order chi connectivity index (χ1) is 14.0. The number of aromatic nitrogens is 1. The number of pyridine rings is 1. The van der Waals surface area contributed by atoms with E-state index in [1.807, 2.05) is 25.1 Å². The second kappa shape index (κ2) is 7.75. The maximum absolute atomic E-state index is 14.2. The number of hydrogen-bond donors (Lipinski definition) is 2. The Bertz CT molecular complexity index is 1200. The molecular formula is C23H20FN3O2.